The lowest BCUT2D eigenvalue weighted by atomic mass is 10.0. The first kappa shape index (κ1) is 29.9. The highest BCUT2D eigenvalue weighted by Gasteiger charge is 2.38. The van der Waals surface area contributed by atoms with Crippen LogP contribution in [0.2, 0.25) is 0 Å². The van der Waals surface area contributed by atoms with Gasteiger partial charge in [0.2, 0.25) is 0 Å². The Hall–Kier alpha value is -4.06. The number of aromatic nitrogens is 3. The van der Waals surface area contributed by atoms with Gasteiger partial charge in [0.1, 0.15) is 5.84 Å². The molecular formula is C29H25F6N5S. The monoisotopic (exact) mass is 589 g/mol. The number of pyridine rings is 1. The summed E-state index contributed by atoms with van der Waals surface area (Å²) in [4.78, 5) is 9.20. The third kappa shape index (κ3) is 7.78. The minimum atomic E-state index is -4.95. The molecule has 0 atom stereocenters. The normalized spacial score (nSPS) is 13.0. The van der Waals surface area contributed by atoms with Gasteiger partial charge in [0, 0.05) is 37.6 Å². The van der Waals surface area contributed by atoms with Crippen LogP contribution in [0.1, 0.15) is 27.8 Å². The Labute approximate surface area is 236 Å². The average Bonchev–Trinajstić information content (AvgIpc) is 3.32. The van der Waals surface area contributed by atoms with E-state index in [0.29, 0.717) is 29.3 Å². The van der Waals surface area contributed by atoms with Gasteiger partial charge in [-0.3, -0.25) is 14.7 Å². The Morgan fingerprint density at radius 3 is 2.44 bits per heavy atom. The van der Waals surface area contributed by atoms with Crippen LogP contribution in [0.15, 0.2) is 89.0 Å². The lowest BCUT2D eigenvalue weighted by Gasteiger charge is -2.16. The van der Waals surface area contributed by atoms with Crippen LogP contribution in [-0.4, -0.2) is 34.2 Å². The number of benzene rings is 2. The standard InChI is InChI=1S/C29H25F6N5S/c1-3-41-26(27(36-2)38-13-10-19-8-11-37-12-9-19)15-20-4-7-25-22(14-20)18-40(39-25)17-21-5-6-23(28(30,31)32)16-24(21)29(33,34)35/h3-9,11-12,14-16,18H,1,10,13,17H2,2H3,(H,36,38)/b26-15-. The van der Waals surface area contributed by atoms with Gasteiger partial charge in [-0.1, -0.05) is 30.5 Å². The molecule has 0 saturated heterocycles. The molecule has 2 heterocycles. The molecule has 2 aromatic carbocycles. The SMILES string of the molecule is C=CS/C(=C\c1ccc2nn(Cc3ccc(C(F)(F)F)cc3C(F)(F)F)cc2c1)C(=NC)NCCc1ccncc1. The van der Waals surface area contributed by atoms with E-state index in [0.717, 1.165) is 28.5 Å². The first-order chi connectivity index (χ1) is 19.5. The van der Waals surface area contributed by atoms with Crippen LogP contribution in [0.4, 0.5) is 26.3 Å². The van der Waals surface area contributed by atoms with Gasteiger partial charge < -0.3 is 5.32 Å². The van der Waals surface area contributed by atoms with Crippen LogP contribution >= 0.6 is 11.8 Å². The zero-order chi connectivity index (χ0) is 29.6. The van der Waals surface area contributed by atoms with Crippen molar-refractivity contribution in [2.24, 2.45) is 4.99 Å². The number of alkyl halides is 6. The molecule has 4 rings (SSSR count). The van der Waals surface area contributed by atoms with Crippen molar-refractivity contribution in [2.75, 3.05) is 13.6 Å². The van der Waals surface area contributed by atoms with Crippen molar-refractivity contribution in [3.8, 4) is 0 Å². The lowest BCUT2D eigenvalue weighted by molar-refractivity contribution is -0.143. The zero-order valence-corrected chi connectivity index (χ0v) is 22.6. The summed E-state index contributed by atoms with van der Waals surface area (Å²) in [5.74, 6) is 0.668. The van der Waals surface area contributed by atoms with Crippen molar-refractivity contribution in [1.29, 1.82) is 0 Å². The number of amidine groups is 1. The van der Waals surface area contributed by atoms with E-state index in [4.69, 9.17) is 0 Å². The van der Waals surface area contributed by atoms with Crippen LogP contribution in [0.5, 0.6) is 0 Å². The molecule has 214 valence electrons. The van der Waals surface area contributed by atoms with Gasteiger partial charge in [-0.2, -0.15) is 31.4 Å². The lowest BCUT2D eigenvalue weighted by Crippen LogP contribution is -2.26. The molecule has 4 aromatic rings. The molecule has 0 unspecified atom stereocenters. The highest BCUT2D eigenvalue weighted by Crippen LogP contribution is 2.37. The second-order valence-corrected chi connectivity index (χ2v) is 9.92. The number of halogens is 6. The minimum Gasteiger partial charge on any atom is -0.369 e. The average molecular weight is 590 g/mol. The fourth-order valence-corrected chi connectivity index (χ4v) is 4.80. The predicted molar refractivity (Wildman–Crippen MR) is 150 cm³/mol. The van der Waals surface area contributed by atoms with Crippen molar-refractivity contribution >= 4 is 34.6 Å². The van der Waals surface area contributed by atoms with Crippen molar-refractivity contribution in [2.45, 2.75) is 25.3 Å². The van der Waals surface area contributed by atoms with Crippen molar-refractivity contribution in [1.82, 2.24) is 20.1 Å². The summed E-state index contributed by atoms with van der Waals surface area (Å²) in [6.07, 6.45) is -2.13. The largest absolute Gasteiger partial charge is 0.416 e. The van der Waals surface area contributed by atoms with E-state index in [1.807, 2.05) is 30.3 Å². The Kier molecular flexibility index (Phi) is 9.21. The Morgan fingerprint density at radius 2 is 1.78 bits per heavy atom. The highest BCUT2D eigenvalue weighted by atomic mass is 32.2. The molecule has 0 fully saturated rings. The maximum atomic E-state index is 13.6. The van der Waals surface area contributed by atoms with Gasteiger partial charge in [-0.15, -0.1) is 0 Å². The van der Waals surface area contributed by atoms with Crippen LogP contribution in [0.25, 0.3) is 17.0 Å². The van der Waals surface area contributed by atoms with E-state index in [9.17, 15) is 26.3 Å². The smallest absolute Gasteiger partial charge is 0.369 e. The molecular weight excluding hydrogens is 564 g/mol. The van der Waals surface area contributed by atoms with Crippen LogP contribution < -0.4 is 5.32 Å². The summed E-state index contributed by atoms with van der Waals surface area (Å²) in [6, 6.07) is 10.9. The van der Waals surface area contributed by atoms with Gasteiger partial charge >= 0.3 is 12.4 Å². The molecule has 0 amide bonds. The first-order valence-corrected chi connectivity index (χ1v) is 13.2. The molecule has 0 spiro atoms. The third-order valence-electron chi connectivity index (χ3n) is 6.07. The molecule has 41 heavy (non-hydrogen) atoms. The van der Waals surface area contributed by atoms with E-state index in [2.05, 4.69) is 27.0 Å². The zero-order valence-electron chi connectivity index (χ0n) is 21.8. The predicted octanol–water partition coefficient (Wildman–Crippen LogP) is 7.60. The second-order valence-electron chi connectivity index (χ2n) is 8.91. The fourth-order valence-electron chi connectivity index (χ4n) is 4.15. The maximum absolute atomic E-state index is 13.6. The minimum absolute atomic E-state index is 0.137. The van der Waals surface area contributed by atoms with Crippen molar-refractivity contribution < 1.29 is 26.3 Å². The molecule has 0 radical (unpaired) electrons. The number of rotatable bonds is 9. The first-order valence-electron chi connectivity index (χ1n) is 12.3. The summed E-state index contributed by atoms with van der Waals surface area (Å²) in [7, 11) is 1.68. The van der Waals surface area contributed by atoms with Gasteiger partial charge in [-0.05, 0) is 71.0 Å². The number of nitrogens with one attached hydrogen (secondary N) is 1. The maximum Gasteiger partial charge on any atom is 0.416 e. The van der Waals surface area contributed by atoms with Gasteiger partial charge in [0.05, 0.1) is 28.1 Å². The van der Waals surface area contributed by atoms with Gasteiger partial charge in [0.15, 0.2) is 0 Å². The second kappa shape index (κ2) is 12.6. The molecule has 0 aliphatic heterocycles. The molecule has 0 saturated carbocycles. The van der Waals surface area contributed by atoms with Crippen molar-refractivity contribution in [3.05, 3.63) is 112 Å². The third-order valence-corrected chi connectivity index (χ3v) is 6.80. The Bertz CT molecular complexity index is 1570. The molecule has 5 nitrogen and oxygen atoms in total. The summed E-state index contributed by atoms with van der Waals surface area (Å²) in [6.45, 7) is 4.09. The Balaban J connectivity index is 1.56. The van der Waals surface area contributed by atoms with Gasteiger partial charge in [-0.25, -0.2) is 0 Å². The van der Waals surface area contributed by atoms with E-state index < -0.39 is 23.5 Å². The van der Waals surface area contributed by atoms with E-state index in [1.165, 1.54) is 16.4 Å². The molecule has 1 N–H and O–H groups in total. The number of aliphatic imine (C=N–C) groups is 1. The van der Waals surface area contributed by atoms with Crippen LogP contribution in [-0.2, 0) is 25.3 Å². The number of hydrogen-bond acceptors (Lipinski definition) is 4. The van der Waals surface area contributed by atoms with Crippen LogP contribution in [0, 0.1) is 0 Å². The molecule has 0 aliphatic carbocycles. The summed E-state index contributed by atoms with van der Waals surface area (Å²) < 4.78 is 81.1. The number of nitrogens with zero attached hydrogens (tertiary/aromatic N) is 4. The van der Waals surface area contributed by atoms with E-state index in [1.54, 1.807) is 37.1 Å². The van der Waals surface area contributed by atoms with Crippen LogP contribution in [0.3, 0.4) is 0 Å². The fraction of sp³-hybridized carbons (Fsp3) is 0.207. The number of fused-ring (bicyclic) bond motifs is 1. The van der Waals surface area contributed by atoms with E-state index in [-0.39, 0.29) is 18.2 Å². The van der Waals surface area contributed by atoms with E-state index >= 15 is 0 Å². The summed E-state index contributed by atoms with van der Waals surface area (Å²) in [5.41, 5.74) is -0.560. The summed E-state index contributed by atoms with van der Waals surface area (Å²) in [5, 5.41) is 10.00. The summed E-state index contributed by atoms with van der Waals surface area (Å²) >= 11 is 1.38. The Morgan fingerprint density at radius 1 is 1.02 bits per heavy atom. The number of hydrogen-bond donors (Lipinski definition) is 1. The highest BCUT2D eigenvalue weighted by molar-refractivity contribution is 8.06. The molecule has 2 aromatic heterocycles. The molecule has 12 heteroatoms. The van der Waals surface area contributed by atoms with Gasteiger partial charge in [0.25, 0.3) is 0 Å². The number of thioether (sulfide) groups is 1. The quantitative estimate of drug-likeness (QED) is 0.124. The topological polar surface area (TPSA) is 55.1 Å². The van der Waals surface area contributed by atoms with Crippen molar-refractivity contribution in [3.63, 3.8) is 0 Å². The molecule has 0 aliphatic rings. The molecule has 0 bridgehead atoms.